The third-order valence-electron chi connectivity index (χ3n) is 4.66. The number of halogens is 3. The Bertz CT molecular complexity index is 833. The van der Waals surface area contributed by atoms with E-state index in [4.69, 9.17) is 0 Å². The second-order valence-corrected chi connectivity index (χ2v) is 8.07. The molecule has 1 saturated carbocycles. The first kappa shape index (κ1) is 20.6. The summed E-state index contributed by atoms with van der Waals surface area (Å²) in [6.45, 7) is 4.25. The molecule has 2 aromatic rings. The SMILES string of the molecule is Cc1cc(C)n(-c2ccc(SCC(=O)N(CC(F)(F)F)[C@H](C)C3CC3)nn2)n1. The number of rotatable bonds is 7. The molecular formula is C18H22F3N5OS. The van der Waals surface area contributed by atoms with E-state index in [-0.39, 0.29) is 11.7 Å². The Morgan fingerprint density at radius 3 is 2.54 bits per heavy atom. The number of carbonyl (C=O) groups is 1. The zero-order valence-electron chi connectivity index (χ0n) is 15.9. The summed E-state index contributed by atoms with van der Waals surface area (Å²) in [7, 11) is 0. The van der Waals surface area contributed by atoms with Crippen LogP contribution in [0.5, 0.6) is 0 Å². The molecule has 28 heavy (non-hydrogen) atoms. The van der Waals surface area contributed by atoms with E-state index in [2.05, 4.69) is 15.3 Å². The molecule has 2 heterocycles. The van der Waals surface area contributed by atoms with E-state index in [1.54, 1.807) is 23.7 Å². The molecule has 1 atom stereocenters. The number of thioether (sulfide) groups is 1. The average Bonchev–Trinajstić information content (AvgIpc) is 3.41. The lowest BCUT2D eigenvalue weighted by Crippen LogP contribution is -2.46. The minimum absolute atomic E-state index is 0.110. The summed E-state index contributed by atoms with van der Waals surface area (Å²) in [4.78, 5) is 13.4. The summed E-state index contributed by atoms with van der Waals surface area (Å²) < 4.78 is 40.3. The standard InChI is InChI=1S/C18H22F3N5OS/c1-11-8-12(2)26(24-11)15-6-7-16(23-22-15)28-9-17(27)25(10-18(19,20)21)13(3)14-4-5-14/h6-8,13-14H,4-5,9-10H2,1-3H3/t13-/m1/s1. The van der Waals surface area contributed by atoms with E-state index in [9.17, 15) is 18.0 Å². The molecule has 0 saturated heterocycles. The van der Waals surface area contributed by atoms with Gasteiger partial charge in [-0.05, 0) is 57.7 Å². The van der Waals surface area contributed by atoms with Crippen LogP contribution in [-0.2, 0) is 4.79 Å². The fraction of sp³-hybridized carbons (Fsp3) is 0.556. The molecule has 1 amide bonds. The topological polar surface area (TPSA) is 63.9 Å². The number of nitrogens with zero attached hydrogens (tertiary/aromatic N) is 5. The van der Waals surface area contributed by atoms with Crippen molar-refractivity contribution in [3.8, 4) is 5.82 Å². The van der Waals surface area contributed by atoms with Gasteiger partial charge in [0.1, 0.15) is 11.6 Å². The van der Waals surface area contributed by atoms with E-state index in [0.29, 0.717) is 10.8 Å². The molecule has 152 valence electrons. The molecule has 1 aliphatic carbocycles. The van der Waals surface area contributed by atoms with Crippen LogP contribution in [0.4, 0.5) is 13.2 Å². The lowest BCUT2D eigenvalue weighted by molar-refractivity contribution is -0.164. The van der Waals surface area contributed by atoms with E-state index in [1.165, 1.54) is 0 Å². The van der Waals surface area contributed by atoms with Crippen molar-refractivity contribution in [2.75, 3.05) is 12.3 Å². The van der Waals surface area contributed by atoms with Crippen LogP contribution in [0.3, 0.4) is 0 Å². The number of carbonyl (C=O) groups excluding carboxylic acids is 1. The third-order valence-corrected chi connectivity index (χ3v) is 5.57. The highest BCUT2D eigenvalue weighted by Gasteiger charge is 2.40. The van der Waals surface area contributed by atoms with Gasteiger partial charge < -0.3 is 4.90 Å². The molecule has 3 rings (SSSR count). The Morgan fingerprint density at radius 2 is 2.04 bits per heavy atom. The Labute approximate surface area is 165 Å². The first-order valence-electron chi connectivity index (χ1n) is 9.00. The van der Waals surface area contributed by atoms with Gasteiger partial charge in [0.05, 0.1) is 11.4 Å². The smallest absolute Gasteiger partial charge is 0.330 e. The molecule has 1 fully saturated rings. The largest absolute Gasteiger partial charge is 0.406 e. The zero-order chi connectivity index (χ0) is 20.5. The van der Waals surface area contributed by atoms with Gasteiger partial charge in [-0.1, -0.05) is 11.8 Å². The Kier molecular flexibility index (Phi) is 5.97. The summed E-state index contributed by atoms with van der Waals surface area (Å²) >= 11 is 1.08. The molecule has 0 N–H and O–H groups in total. The average molecular weight is 413 g/mol. The highest BCUT2D eigenvalue weighted by atomic mass is 32.2. The third kappa shape index (κ3) is 5.24. The number of alkyl halides is 3. The maximum atomic E-state index is 12.9. The predicted octanol–water partition coefficient (Wildman–Crippen LogP) is 3.56. The number of amides is 1. The van der Waals surface area contributed by atoms with Crippen LogP contribution < -0.4 is 0 Å². The predicted molar refractivity (Wildman–Crippen MR) is 99.3 cm³/mol. The van der Waals surface area contributed by atoms with E-state index >= 15 is 0 Å². The summed E-state index contributed by atoms with van der Waals surface area (Å²) in [5, 5.41) is 13.0. The van der Waals surface area contributed by atoms with Crippen molar-refractivity contribution in [1.29, 1.82) is 0 Å². The molecule has 2 aromatic heterocycles. The van der Waals surface area contributed by atoms with Crippen LogP contribution in [-0.4, -0.2) is 55.3 Å². The second-order valence-electron chi connectivity index (χ2n) is 7.07. The van der Waals surface area contributed by atoms with Crippen molar-refractivity contribution in [3.05, 3.63) is 29.6 Å². The first-order valence-corrected chi connectivity index (χ1v) is 9.99. The molecule has 0 aromatic carbocycles. The zero-order valence-corrected chi connectivity index (χ0v) is 16.7. The lowest BCUT2D eigenvalue weighted by Gasteiger charge is -2.30. The van der Waals surface area contributed by atoms with Crippen molar-refractivity contribution in [1.82, 2.24) is 24.9 Å². The number of aryl methyl sites for hydroxylation is 2. The van der Waals surface area contributed by atoms with Gasteiger partial charge in [0.15, 0.2) is 5.82 Å². The highest BCUT2D eigenvalue weighted by Crippen LogP contribution is 2.36. The summed E-state index contributed by atoms with van der Waals surface area (Å²) in [6, 6.07) is 4.92. The summed E-state index contributed by atoms with van der Waals surface area (Å²) in [5.74, 6) is 0.0609. The fourth-order valence-electron chi connectivity index (χ4n) is 3.07. The molecule has 0 spiro atoms. The quantitative estimate of drug-likeness (QED) is 0.650. The molecule has 10 heteroatoms. The lowest BCUT2D eigenvalue weighted by atomic mass is 10.2. The molecule has 0 bridgehead atoms. The molecule has 0 unspecified atom stereocenters. The molecule has 6 nitrogen and oxygen atoms in total. The van der Waals surface area contributed by atoms with Crippen LogP contribution in [0.25, 0.3) is 5.82 Å². The van der Waals surface area contributed by atoms with Crippen molar-refractivity contribution in [2.24, 2.45) is 5.92 Å². The monoisotopic (exact) mass is 413 g/mol. The fourth-order valence-corrected chi connectivity index (χ4v) is 3.77. The van der Waals surface area contributed by atoms with Gasteiger partial charge in [-0.3, -0.25) is 4.79 Å². The maximum Gasteiger partial charge on any atom is 0.406 e. The van der Waals surface area contributed by atoms with Crippen LogP contribution >= 0.6 is 11.8 Å². The van der Waals surface area contributed by atoms with Crippen molar-refractivity contribution < 1.29 is 18.0 Å². The Morgan fingerprint density at radius 1 is 1.32 bits per heavy atom. The van der Waals surface area contributed by atoms with Crippen LogP contribution in [0, 0.1) is 19.8 Å². The van der Waals surface area contributed by atoms with Crippen LogP contribution in [0.2, 0.25) is 0 Å². The molecule has 0 radical (unpaired) electrons. The number of aromatic nitrogens is 4. The maximum absolute atomic E-state index is 12.9. The number of hydrogen-bond acceptors (Lipinski definition) is 5. The molecule has 0 aliphatic heterocycles. The van der Waals surface area contributed by atoms with E-state index < -0.39 is 24.7 Å². The second kappa shape index (κ2) is 8.10. The molecular weight excluding hydrogens is 391 g/mol. The highest BCUT2D eigenvalue weighted by molar-refractivity contribution is 7.99. The van der Waals surface area contributed by atoms with Gasteiger partial charge in [-0.25, -0.2) is 4.68 Å². The Hall–Kier alpha value is -2.10. The van der Waals surface area contributed by atoms with Crippen molar-refractivity contribution in [3.63, 3.8) is 0 Å². The Balaban J connectivity index is 1.63. The minimum Gasteiger partial charge on any atom is -0.330 e. The van der Waals surface area contributed by atoms with Crippen LogP contribution in [0.15, 0.2) is 23.2 Å². The molecule has 1 aliphatic rings. The normalized spacial score (nSPS) is 15.5. The van der Waals surface area contributed by atoms with Gasteiger partial charge in [0.2, 0.25) is 5.91 Å². The van der Waals surface area contributed by atoms with Gasteiger partial charge in [0, 0.05) is 11.7 Å². The van der Waals surface area contributed by atoms with Crippen molar-refractivity contribution >= 4 is 17.7 Å². The van der Waals surface area contributed by atoms with Gasteiger partial charge in [0.25, 0.3) is 0 Å². The van der Waals surface area contributed by atoms with Crippen LogP contribution in [0.1, 0.15) is 31.2 Å². The number of hydrogen-bond donors (Lipinski definition) is 0. The van der Waals surface area contributed by atoms with Gasteiger partial charge in [-0.15, -0.1) is 10.2 Å². The minimum atomic E-state index is -4.41. The van der Waals surface area contributed by atoms with Crippen molar-refractivity contribution in [2.45, 2.75) is 50.9 Å². The van der Waals surface area contributed by atoms with Gasteiger partial charge >= 0.3 is 6.18 Å². The van der Waals surface area contributed by atoms with E-state index in [0.717, 1.165) is 40.9 Å². The summed E-state index contributed by atoms with van der Waals surface area (Å²) in [5.41, 5.74) is 1.78. The van der Waals surface area contributed by atoms with E-state index in [1.807, 2.05) is 19.9 Å². The first-order chi connectivity index (χ1) is 13.1. The van der Waals surface area contributed by atoms with Gasteiger partial charge in [-0.2, -0.15) is 18.3 Å². The summed E-state index contributed by atoms with van der Waals surface area (Å²) in [6.07, 6.45) is -2.67.